The number of pyridine rings is 1. The fourth-order valence-corrected chi connectivity index (χ4v) is 9.79. The summed E-state index contributed by atoms with van der Waals surface area (Å²) < 4.78 is 70.3. The molecule has 8 nitrogen and oxygen atoms in total. The van der Waals surface area contributed by atoms with Crippen LogP contribution in [0.2, 0.25) is 0 Å². The van der Waals surface area contributed by atoms with Crippen molar-refractivity contribution in [3.8, 4) is 11.3 Å². The molecule has 2 aliphatic rings. The molecule has 0 bridgehead atoms. The number of aryl methyl sites for hydroxylation is 1. The van der Waals surface area contributed by atoms with Gasteiger partial charge in [0.2, 0.25) is 5.92 Å². The van der Waals surface area contributed by atoms with Crippen LogP contribution in [0.4, 0.5) is 22.0 Å². The third-order valence-electron chi connectivity index (χ3n) is 8.24. The van der Waals surface area contributed by atoms with E-state index in [0.717, 1.165) is 16.8 Å². The van der Waals surface area contributed by atoms with Crippen molar-refractivity contribution in [1.29, 1.82) is 0 Å². The number of aromatic nitrogens is 4. The third kappa shape index (κ3) is 5.59. The van der Waals surface area contributed by atoms with Crippen molar-refractivity contribution < 1.29 is 42.4 Å². The molecule has 3 aromatic rings. The summed E-state index contributed by atoms with van der Waals surface area (Å²) in [5.41, 5.74) is -0.603. The van der Waals surface area contributed by atoms with Crippen molar-refractivity contribution >= 4 is 10.9 Å². The first kappa shape index (κ1) is 29.8. The zero-order valence-electron chi connectivity index (χ0n) is 22.0. The summed E-state index contributed by atoms with van der Waals surface area (Å²) in [5.74, 6) is -7.41. The topological polar surface area (TPSA) is 125 Å². The lowest BCUT2D eigenvalue weighted by Crippen LogP contribution is -2.53. The van der Waals surface area contributed by atoms with Gasteiger partial charge >= 0.3 is 0 Å². The van der Waals surface area contributed by atoms with Crippen LogP contribution in [0.1, 0.15) is 48.2 Å². The Morgan fingerprint density at radius 3 is 2.37 bits per heavy atom. The quantitative estimate of drug-likeness (QED) is 0.167. The van der Waals surface area contributed by atoms with Crippen LogP contribution in [0.5, 0.6) is 0 Å². The number of hydrogen-bond acceptors (Lipinski definition) is 7. The molecule has 5 rings (SSSR count). The van der Waals surface area contributed by atoms with E-state index in [-0.39, 0.29) is 29.9 Å². The number of alkyl halides is 2. The van der Waals surface area contributed by atoms with Gasteiger partial charge in [-0.2, -0.15) is 0 Å². The van der Waals surface area contributed by atoms with E-state index < -0.39 is 88.1 Å². The van der Waals surface area contributed by atoms with Crippen molar-refractivity contribution in [2.45, 2.75) is 72.9 Å². The number of thiol groups is 1. The lowest BCUT2D eigenvalue weighted by Gasteiger charge is -2.53. The Kier molecular flexibility index (Phi) is 8.16. The summed E-state index contributed by atoms with van der Waals surface area (Å²) in [7, 11) is -1.65. The SMILES string of the molecule is Cc1cccnc1[C@H]([SH]1C[C@H](O)[C@H](n2cc(-c3cc(F)c(F)c(F)c3)nn2)[C@@H](O)[C@H]1CO)C1(O)CCC(F)(F)CC1. The summed E-state index contributed by atoms with van der Waals surface area (Å²) >= 11 is 0. The van der Waals surface area contributed by atoms with Gasteiger partial charge in [-0.15, -0.1) is 5.10 Å². The van der Waals surface area contributed by atoms with Gasteiger partial charge in [0.25, 0.3) is 0 Å². The lowest BCUT2D eigenvalue weighted by atomic mass is 9.79. The van der Waals surface area contributed by atoms with Gasteiger partial charge in [-0.05, 0) is 43.5 Å². The summed E-state index contributed by atoms with van der Waals surface area (Å²) in [6.07, 6.45) is -1.44. The monoisotopic (exact) mass is 602 g/mol. The van der Waals surface area contributed by atoms with Crippen LogP contribution in [-0.4, -0.2) is 81.7 Å². The second kappa shape index (κ2) is 11.2. The average Bonchev–Trinajstić information content (AvgIpc) is 3.40. The molecule has 1 saturated heterocycles. The van der Waals surface area contributed by atoms with E-state index in [1.807, 2.05) is 0 Å². The minimum absolute atomic E-state index is 0.00331. The van der Waals surface area contributed by atoms with Crippen LogP contribution in [0.25, 0.3) is 11.3 Å². The molecule has 2 aromatic heterocycles. The zero-order valence-corrected chi connectivity index (χ0v) is 22.9. The fraction of sp³-hybridized carbons (Fsp3) is 0.519. The third-order valence-corrected chi connectivity index (χ3v) is 11.7. The molecule has 41 heavy (non-hydrogen) atoms. The number of benzene rings is 1. The predicted octanol–water partition coefficient (Wildman–Crippen LogP) is 3.39. The standard InChI is InChI=1S/C27H31F5N4O4S/c1-14-3-2-8-33-22(14)25(26(40)4-6-27(31,32)7-5-26)41-13-19(38)23(24(39)20(41)12-37)36-11-18(34-35-36)15-9-16(28)21(30)17(29)10-15/h2-3,8-11,19-20,23-25,37-41H,4-7,12-13H2,1H3/t19-,20+,23-,24-,25-/m0/s1. The van der Waals surface area contributed by atoms with E-state index in [4.69, 9.17) is 0 Å². The van der Waals surface area contributed by atoms with Crippen molar-refractivity contribution in [3.05, 3.63) is 65.4 Å². The van der Waals surface area contributed by atoms with Crippen molar-refractivity contribution in [2.75, 3.05) is 12.4 Å². The largest absolute Gasteiger partial charge is 0.395 e. The van der Waals surface area contributed by atoms with E-state index in [2.05, 4.69) is 15.3 Å². The molecule has 1 unspecified atom stereocenters. The van der Waals surface area contributed by atoms with Gasteiger partial charge in [0, 0.05) is 35.6 Å². The second-order valence-corrected chi connectivity index (χ2v) is 13.5. The summed E-state index contributed by atoms with van der Waals surface area (Å²) in [6.45, 7) is 1.23. The number of aliphatic hydroxyl groups excluding tert-OH is 3. The lowest BCUT2D eigenvalue weighted by molar-refractivity contribution is -0.105. The molecule has 1 aromatic carbocycles. The molecule has 0 spiro atoms. The molecule has 1 saturated carbocycles. The molecule has 2 fully saturated rings. The van der Waals surface area contributed by atoms with Crippen LogP contribution < -0.4 is 0 Å². The molecular formula is C27H31F5N4O4S. The highest BCUT2D eigenvalue weighted by Gasteiger charge is 2.54. The molecule has 1 aliphatic carbocycles. The van der Waals surface area contributed by atoms with E-state index in [0.29, 0.717) is 11.3 Å². The van der Waals surface area contributed by atoms with Gasteiger partial charge in [0.05, 0.1) is 41.6 Å². The first-order valence-electron chi connectivity index (χ1n) is 13.2. The van der Waals surface area contributed by atoms with E-state index in [1.54, 1.807) is 19.1 Å². The molecule has 6 atom stereocenters. The van der Waals surface area contributed by atoms with Crippen LogP contribution >= 0.6 is 10.9 Å². The Balaban J connectivity index is 1.49. The predicted molar refractivity (Wildman–Crippen MR) is 141 cm³/mol. The number of nitrogens with zero attached hydrogens (tertiary/aromatic N) is 4. The van der Waals surface area contributed by atoms with Gasteiger partial charge in [-0.25, -0.2) is 37.5 Å². The molecule has 14 heteroatoms. The normalized spacial score (nSPS) is 29.3. The fourth-order valence-electron chi connectivity index (χ4n) is 6.04. The van der Waals surface area contributed by atoms with Crippen molar-refractivity contribution in [3.63, 3.8) is 0 Å². The van der Waals surface area contributed by atoms with Gasteiger partial charge in [0.1, 0.15) is 11.7 Å². The van der Waals surface area contributed by atoms with E-state index >= 15 is 0 Å². The number of halogens is 5. The maximum Gasteiger partial charge on any atom is 0.248 e. The summed E-state index contributed by atoms with van der Waals surface area (Å²) in [4.78, 5) is 4.47. The highest BCUT2D eigenvalue weighted by Crippen LogP contribution is 2.61. The maximum atomic E-state index is 14.1. The highest BCUT2D eigenvalue weighted by molar-refractivity contribution is 8.18. The molecule has 0 amide bonds. The average molecular weight is 603 g/mol. The molecule has 3 heterocycles. The Bertz CT molecular complexity index is 1380. The van der Waals surface area contributed by atoms with Crippen LogP contribution in [-0.2, 0) is 0 Å². The number of hydrogen-bond donors (Lipinski definition) is 5. The van der Waals surface area contributed by atoms with Crippen LogP contribution in [0.3, 0.4) is 0 Å². The Hall–Kier alpha value is -2.65. The molecule has 4 N–H and O–H groups in total. The maximum absolute atomic E-state index is 14.1. The smallest absolute Gasteiger partial charge is 0.248 e. The van der Waals surface area contributed by atoms with Gasteiger partial charge in [-0.3, -0.25) is 4.98 Å². The minimum atomic E-state index is -2.92. The second-order valence-electron chi connectivity index (χ2n) is 10.9. The Labute approximate surface area is 235 Å². The zero-order chi connectivity index (χ0) is 29.7. The Morgan fingerprint density at radius 1 is 1.10 bits per heavy atom. The van der Waals surface area contributed by atoms with Crippen LogP contribution in [0, 0.1) is 24.4 Å². The van der Waals surface area contributed by atoms with Crippen molar-refractivity contribution in [1.82, 2.24) is 20.0 Å². The van der Waals surface area contributed by atoms with Gasteiger partial charge in [0.15, 0.2) is 17.5 Å². The molecule has 224 valence electrons. The first-order chi connectivity index (χ1) is 19.3. The summed E-state index contributed by atoms with van der Waals surface area (Å²) in [6, 6.07) is 3.82. The highest BCUT2D eigenvalue weighted by atomic mass is 32.2. The van der Waals surface area contributed by atoms with E-state index in [9.17, 15) is 42.4 Å². The number of rotatable bonds is 6. The molecular weight excluding hydrogens is 571 g/mol. The Morgan fingerprint density at radius 2 is 1.76 bits per heavy atom. The van der Waals surface area contributed by atoms with Crippen molar-refractivity contribution in [2.24, 2.45) is 0 Å². The first-order valence-corrected chi connectivity index (χ1v) is 14.8. The number of aliphatic hydroxyl groups is 4. The molecule has 1 aliphatic heterocycles. The van der Waals surface area contributed by atoms with Gasteiger partial charge in [-0.1, -0.05) is 11.3 Å². The minimum Gasteiger partial charge on any atom is -0.395 e. The van der Waals surface area contributed by atoms with Crippen LogP contribution in [0.15, 0.2) is 36.7 Å². The summed E-state index contributed by atoms with van der Waals surface area (Å²) in [5, 5.41) is 51.2. The van der Waals surface area contributed by atoms with Gasteiger partial charge < -0.3 is 20.4 Å². The van der Waals surface area contributed by atoms with E-state index in [1.165, 1.54) is 12.4 Å². The molecule has 0 radical (unpaired) electrons.